The highest BCUT2D eigenvalue weighted by Gasteiger charge is 2.15. The first-order valence-corrected chi connectivity index (χ1v) is 9.39. The van der Waals surface area contributed by atoms with Crippen LogP contribution in [0.15, 0.2) is 65.8 Å². The Hall–Kier alpha value is -3.31. The van der Waals surface area contributed by atoms with Gasteiger partial charge in [0.15, 0.2) is 5.82 Å². The lowest BCUT2D eigenvalue weighted by Crippen LogP contribution is -2.29. The van der Waals surface area contributed by atoms with Gasteiger partial charge in [-0.15, -0.1) is 10.2 Å². The Morgan fingerprint density at radius 2 is 1.70 bits per heavy atom. The fourth-order valence-electron chi connectivity index (χ4n) is 2.25. The fraction of sp³-hybridized carbons (Fsp3) is 0.125. The first-order valence-electron chi connectivity index (χ1n) is 7.91. The fourth-order valence-corrected chi connectivity index (χ4v) is 3.28. The number of aromatic nitrogens is 3. The molecule has 0 saturated carbocycles. The standard InChI is InChI=1S/C16H16N6O4S/c23-22(24)13-3-5-14(6-4-13)27(25,26)18-10-9-17-15-7-8-16(20-19-15)21-11-1-2-12-21/h1-8,11-12,18H,9-10H2,(H,17,19). The zero-order valence-corrected chi connectivity index (χ0v) is 14.8. The number of nitrogens with one attached hydrogen (secondary N) is 2. The van der Waals surface area contributed by atoms with Gasteiger partial charge in [-0.1, -0.05) is 0 Å². The monoisotopic (exact) mass is 388 g/mol. The summed E-state index contributed by atoms with van der Waals surface area (Å²) in [6.07, 6.45) is 3.70. The van der Waals surface area contributed by atoms with Crippen molar-refractivity contribution in [1.82, 2.24) is 19.5 Å². The lowest BCUT2D eigenvalue weighted by Gasteiger charge is -2.08. The van der Waals surface area contributed by atoms with Gasteiger partial charge in [-0.3, -0.25) is 10.1 Å². The molecule has 0 fully saturated rings. The topological polar surface area (TPSA) is 132 Å². The highest BCUT2D eigenvalue weighted by molar-refractivity contribution is 7.89. The number of nitro groups is 1. The third-order valence-corrected chi connectivity index (χ3v) is 5.08. The van der Waals surface area contributed by atoms with E-state index in [0.717, 1.165) is 12.1 Å². The predicted molar refractivity (Wildman–Crippen MR) is 98.1 cm³/mol. The highest BCUT2D eigenvalue weighted by Crippen LogP contribution is 2.15. The van der Waals surface area contributed by atoms with Crippen LogP contribution in [0, 0.1) is 10.1 Å². The molecular formula is C16H16N6O4S. The minimum atomic E-state index is -3.75. The first-order chi connectivity index (χ1) is 13.0. The second-order valence-electron chi connectivity index (χ2n) is 5.44. The van der Waals surface area contributed by atoms with Crippen molar-refractivity contribution in [1.29, 1.82) is 0 Å². The number of nitro benzene ring substituents is 1. The van der Waals surface area contributed by atoms with Gasteiger partial charge in [-0.2, -0.15) is 0 Å². The van der Waals surface area contributed by atoms with E-state index >= 15 is 0 Å². The van der Waals surface area contributed by atoms with E-state index in [1.165, 1.54) is 12.1 Å². The summed E-state index contributed by atoms with van der Waals surface area (Å²) in [5.41, 5.74) is -0.169. The number of non-ortho nitro benzene ring substituents is 1. The summed E-state index contributed by atoms with van der Waals surface area (Å²) >= 11 is 0. The van der Waals surface area contributed by atoms with Crippen molar-refractivity contribution in [2.45, 2.75) is 4.90 Å². The molecule has 0 radical (unpaired) electrons. The van der Waals surface area contributed by atoms with Crippen LogP contribution in [0.5, 0.6) is 0 Å². The molecule has 0 atom stereocenters. The molecule has 2 heterocycles. The molecule has 11 heteroatoms. The molecule has 27 heavy (non-hydrogen) atoms. The number of sulfonamides is 1. The number of benzene rings is 1. The van der Waals surface area contributed by atoms with Gasteiger partial charge in [0, 0.05) is 37.6 Å². The number of rotatable bonds is 8. The lowest BCUT2D eigenvalue weighted by atomic mass is 10.3. The largest absolute Gasteiger partial charge is 0.367 e. The van der Waals surface area contributed by atoms with Gasteiger partial charge in [0.2, 0.25) is 10.0 Å². The van der Waals surface area contributed by atoms with Crippen molar-refractivity contribution in [2.75, 3.05) is 18.4 Å². The summed E-state index contributed by atoms with van der Waals surface area (Å²) in [4.78, 5) is 9.99. The molecule has 3 rings (SSSR count). The summed E-state index contributed by atoms with van der Waals surface area (Å²) in [5, 5.41) is 21.7. The van der Waals surface area contributed by atoms with Crippen molar-refractivity contribution in [3.05, 3.63) is 71.0 Å². The van der Waals surface area contributed by atoms with Gasteiger partial charge >= 0.3 is 0 Å². The average molecular weight is 388 g/mol. The maximum Gasteiger partial charge on any atom is 0.269 e. The minimum absolute atomic E-state index is 0.0380. The van der Waals surface area contributed by atoms with Gasteiger partial charge in [-0.05, 0) is 36.4 Å². The Kier molecular flexibility index (Phi) is 5.43. The molecule has 0 bridgehead atoms. The molecule has 10 nitrogen and oxygen atoms in total. The summed E-state index contributed by atoms with van der Waals surface area (Å²) in [6.45, 7) is 0.407. The van der Waals surface area contributed by atoms with Crippen molar-refractivity contribution in [3.63, 3.8) is 0 Å². The molecule has 0 saturated heterocycles. The van der Waals surface area contributed by atoms with Crippen LogP contribution in [-0.2, 0) is 10.0 Å². The Morgan fingerprint density at radius 3 is 2.30 bits per heavy atom. The van der Waals surface area contributed by atoms with Crippen LogP contribution < -0.4 is 10.0 Å². The van der Waals surface area contributed by atoms with E-state index in [1.54, 1.807) is 12.1 Å². The summed E-state index contributed by atoms with van der Waals surface area (Å²) < 4.78 is 28.6. The van der Waals surface area contributed by atoms with Crippen LogP contribution in [0.3, 0.4) is 0 Å². The van der Waals surface area contributed by atoms with E-state index in [2.05, 4.69) is 20.2 Å². The van der Waals surface area contributed by atoms with Crippen molar-refractivity contribution >= 4 is 21.5 Å². The van der Waals surface area contributed by atoms with E-state index in [9.17, 15) is 18.5 Å². The molecular weight excluding hydrogens is 372 g/mol. The van der Waals surface area contributed by atoms with Crippen molar-refractivity contribution in [2.24, 2.45) is 0 Å². The molecule has 2 aromatic heterocycles. The van der Waals surface area contributed by atoms with Gasteiger partial charge < -0.3 is 9.88 Å². The van der Waals surface area contributed by atoms with E-state index in [-0.39, 0.29) is 17.1 Å². The first kappa shape index (κ1) is 18.5. The van der Waals surface area contributed by atoms with Crippen LogP contribution in [0.25, 0.3) is 5.82 Å². The lowest BCUT2D eigenvalue weighted by molar-refractivity contribution is -0.384. The quantitative estimate of drug-likeness (QED) is 0.340. The summed E-state index contributed by atoms with van der Waals surface area (Å²) in [7, 11) is -3.75. The third kappa shape index (κ3) is 4.65. The van der Waals surface area contributed by atoms with Gasteiger partial charge in [0.1, 0.15) is 5.82 Å². The van der Waals surface area contributed by atoms with E-state index in [0.29, 0.717) is 18.2 Å². The van der Waals surface area contributed by atoms with Crippen LogP contribution in [0.2, 0.25) is 0 Å². The number of hydrogen-bond donors (Lipinski definition) is 2. The van der Waals surface area contributed by atoms with Crippen LogP contribution in [0.1, 0.15) is 0 Å². The van der Waals surface area contributed by atoms with Crippen molar-refractivity contribution < 1.29 is 13.3 Å². The van der Waals surface area contributed by atoms with E-state index in [1.807, 2.05) is 29.1 Å². The Bertz CT molecular complexity index is 1000. The smallest absolute Gasteiger partial charge is 0.269 e. The molecule has 0 aliphatic heterocycles. The third-order valence-electron chi connectivity index (χ3n) is 3.60. The minimum Gasteiger partial charge on any atom is -0.367 e. The second-order valence-corrected chi connectivity index (χ2v) is 7.21. The van der Waals surface area contributed by atoms with Gasteiger partial charge in [0.05, 0.1) is 9.82 Å². The molecule has 0 unspecified atom stereocenters. The van der Waals surface area contributed by atoms with E-state index in [4.69, 9.17) is 0 Å². The van der Waals surface area contributed by atoms with Gasteiger partial charge in [0.25, 0.3) is 5.69 Å². The normalized spacial score (nSPS) is 11.3. The van der Waals surface area contributed by atoms with Crippen LogP contribution in [-0.4, -0.2) is 41.2 Å². The predicted octanol–water partition coefficient (Wildman–Crippen LogP) is 1.57. The van der Waals surface area contributed by atoms with E-state index < -0.39 is 14.9 Å². The highest BCUT2D eigenvalue weighted by atomic mass is 32.2. The van der Waals surface area contributed by atoms with Crippen LogP contribution >= 0.6 is 0 Å². The molecule has 0 aliphatic carbocycles. The Morgan fingerprint density at radius 1 is 1.00 bits per heavy atom. The Labute approximate surface area is 155 Å². The molecule has 140 valence electrons. The SMILES string of the molecule is O=[N+]([O-])c1ccc(S(=O)(=O)NCCNc2ccc(-n3cccc3)nn2)cc1. The number of hydrogen-bond acceptors (Lipinski definition) is 7. The number of nitrogens with zero attached hydrogens (tertiary/aromatic N) is 4. The zero-order chi connectivity index (χ0) is 19.3. The number of anilines is 1. The molecule has 0 aliphatic rings. The Balaban J connectivity index is 1.51. The summed E-state index contributed by atoms with van der Waals surface area (Å²) in [6, 6.07) is 12.0. The molecule has 3 aromatic rings. The molecule has 0 spiro atoms. The van der Waals surface area contributed by atoms with Crippen molar-refractivity contribution in [3.8, 4) is 5.82 Å². The maximum absolute atomic E-state index is 12.2. The zero-order valence-electron chi connectivity index (χ0n) is 14.0. The summed E-state index contributed by atoms with van der Waals surface area (Å²) in [5.74, 6) is 1.19. The van der Waals surface area contributed by atoms with Crippen LogP contribution in [0.4, 0.5) is 11.5 Å². The van der Waals surface area contributed by atoms with Gasteiger partial charge in [-0.25, -0.2) is 13.1 Å². The maximum atomic E-state index is 12.2. The molecule has 0 amide bonds. The molecule has 1 aromatic carbocycles. The molecule has 2 N–H and O–H groups in total. The second kappa shape index (κ2) is 7.93. The average Bonchev–Trinajstić information content (AvgIpc) is 3.20.